The highest BCUT2D eigenvalue weighted by molar-refractivity contribution is 6.36. The van der Waals surface area contributed by atoms with Crippen molar-refractivity contribution in [3.05, 3.63) is 28.7 Å². The molecule has 0 aliphatic heterocycles. The zero-order chi connectivity index (χ0) is 14.4. The van der Waals surface area contributed by atoms with Gasteiger partial charge in [0.25, 0.3) is 0 Å². The molecule has 0 aliphatic rings. The van der Waals surface area contributed by atoms with E-state index in [9.17, 15) is 0 Å². The lowest BCUT2D eigenvalue weighted by Crippen LogP contribution is -2.13. The highest BCUT2D eigenvalue weighted by Crippen LogP contribution is 2.31. The fraction of sp³-hybridized carbons (Fsp3) is 0.308. The Bertz CT molecular complexity index is 790. The summed E-state index contributed by atoms with van der Waals surface area (Å²) in [5.74, 6) is 3.30. The molecule has 0 aliphatic carbocycles. The lowest BCUT2D eigenvalue weighted by atomic mass is 10.4. The molecule has 0 unspecified atom stereocenters. The molecule has 6 nitrogen and oxygen atoms in total. The third kappa shape index (κ3) is 1.92. The van der Waals surface area contributed by atoms with Crippen LogP contribution in [0.2, 0.25) is 5.02 Å². The molecule has 0 atom stereocenters. The number of hydrogen-bond donors (Lipinski definition) is 0. The molecule has 0 spiro atoms. The Morgan fingerprint density at radius 1 is 1.20 bits per heavy atom. The molecule has 3 heterocycles. The Kier molecular flexibility index (Phi) is 2.90. The van der Waals surface area contributed by atoms with E-state index < -0.39 is 0 Å². The van der Waals surface area contributed by atoms with Crippen LogP contribution in [0.3, 0.4) is 0 Å². The molecule has 3 aromatic rings. The van der Waals surface area contributed by atoms with E-state index in [0.29, 0.717) is 33.9 Å². The van der Waals surface area contributed by atoms with Gasteiger partial charge in [0.2, 0.25) is 5.82 Å². The van der Waals surface area contributed by atoms with Crippen LogP contribution in [0, 0.1) is 13.8 Å². The van der Waals surface area contributed by atoms with E-state index in [-0.39, 0.29) is 0 Å². The maximum atomic E-state index is 6.36. The number of fused-ring (bicyclic) bond motifs is 1. The molecule has 0 fully saturated rings. The molecule has 0 bridgehead atoms. The van der Waals surface area contributed by atoms with Crippen molar-refractivity contribution in [2.24, 2.45) is 0 Å². The fourth-order valence-electron chi connectivity index (χ4n) is 2.01. The number of halogens is 1. The smallest absolute Gasteiger partial charge is 0.201 e. The van der Waals surface area contributed by atoms with Crippen LogP contribution in [0.1, 0.15) is 11.6 Å². The van der Waals surface area contributed by atoms with Crippen LogP contribution in [0.5, 0.6) is 0 Å². The van der Waals surface area contributed by atoms with Crippen LogP contribution in [0.15, 0.2) is 16.5 Å². The van der Waals surface area contributed by atoms with Crippen molar-refractivity contribution in [1.82, 2.24) is 19.6 Å². The van der Waals surface area contributed by atoms with Crippen molar-refractivity contribution in [1.29, 1.82) is 0 Å². The maximum absolute atomic E-state index is 6.36. The normalized spacial score (nSPS) is 11.2. The van der Waals surface area contributed by atoms with E-state index in [0.717, 1.165) is 5.76 Å². The Morgan fingerprint density at radius 2 is 1.95 bits per heavy atom. The second-order valence-electron chi connectivity index (χ2n) is 4.77. The Morgan fingerprint density at radius 3 is 2.55 bits per heavy atom. The summed E-state index contributed by atoms with van der Waals surface area (Å²) in [7, 11) is 3.76. The minimum Gasteiger partial charge on any atom is -0.458 e. The van der Waals surface area contributed by atoms with Crippen LogP contribution in [-0.4, -0.2) is 33.7 Å². The summed E-state index contributed by atoms with van der Waals surface area (Å²) in [4.78, 5) is 10.8. The largest absolute Gasteiger partial charge is 0.458 e. The van der Waals surface area contributed by atoms with Crippen molar-refractivity contribution in [3.63, 3.8) is 0 Å². The second kappa shape index (κ2) is 4.49. The average Bonchev–Trinajstić information content (AvgIpc) is 2.95. The van der Waals surface area contributed by atoms with Gasteiger partial charge in [-0.25, -0.2) is 9.97 Å². The van der Waals surface area contributed by atoms with Crippen LogP contribution in [0.4, 0.5) is 5.82 Å². The molecule has 0 amide bonds. The minimum absolute atomic E-state index is 0.475. The number of rotatable bonds is 2. The van der Waals surface area contributed by atoms with E-state index in [1.807, 2.05) is 45.0 Å². The van der Waals surface area contributed by atoms with Crippen LogP contribution < -0.4 is 4.90 Å². The maximum Gasteiger partial charge on any atom is 0.201 e. The monoisotopic (exact) mass is 291 g/mol. The van der Waals surface area contributed by atoms with Gasteiger partial charge in [0, 0.05) is 14.1 Å². The zero-order valence-corrected chi connectivity index (χ0v) is 12.4. The van der Waals surface area contributed by atoms with E-state index in [1.54, 1.807) is 4.52 Å². The third-order valence-electron chi connectivity index (χ3n) is 2.90. The highest BCUT2D eigenvalue weighted by atomic mass is 35.5. The van der Waals surface area contributed by atoms with Gasteiger partial charge in [-0.1, -0.05) is 11.6 Å². The van der Waals surface area contributed by atoms with E-state index >= 15 is 0 Å². The first-order valence-electron chi connectivity index (χ1n) is 6.14. The molecule has 3 rings (SSSR count). The molecule has 0 saturated carbocycles. The molecule has 0 saturated heterocycles. The number of nitrogens with zero attached hydrogens (tertiary/aromatic N) is 5. The molecular weight excluding hydrogens is 278 g/mol. The van der Waals surface area contributed by atoms with Gasteiger partial charge in [-0.2, -0.15) is 4.52 Å². The summed E-state index contributed by atoms with van der Waals surface area (Å²) in [5.41, 5.74) is 0.576. The van der Waals surface area contributed by atoms with Gasteiger partial charge in [0.1, 0.15) is 16.6 Å². The SMILES string of the molecule is Cc1nc2c(Cl)c(N(C)C)nc(-c3ccc(C)o3)n2n1. The first-order chi connectivity index (χ1) is 9.47. The van der Waals surface area contributed by atoms with Gasteiger partial charge >= 0.3 is 0 Å². The molecule has 0 aromatic carbocycles. The molecule has 3 aromatic heterocycles. The quantitative estimate of drug-likeness (QED) is 0.726. The van der Waals surface area contributed by atoms with Crippen molar-refractivity contribution in [2.45, 2.75) is 13.8 Å². The van der Waals surface area contributed by atoms with Gasteiger partial charge < -0.3 is 9.32 Å². The van der Waals surface area contributed by atoms with E-state index in [1.165, 1.54) is 0 Å². The van der Waals surface area contributed by atoms with E-state index in [2.05, 4.69) is 15.1 Å². The van der Waals surface area contributed by atoms with Gasteiger partial charge in [0.15, 0.2) is 17.2 Å². The number of aryl methyl sites for hydroxylation is 2. The summed E-state index contributed by atoms with van der Waals surface area (Å²) in [6.45, 7) is 3.70. The topological polar surface area (TPSA) is 59.5 Å². The summed E-state index contributed by atoms with van der Waals surface area (Å²) in [6, 6.07) is 3.75. The highest BCUT2D eigenvalue weighted by Gasteiger charge is 2.19. The molecule has 0 N–H and O–H groups in total. The molecule has 7 heteroatoms. The van der Waals surface area contributed by atoms with Gasteiger partial charge in [-0.15, -0.1) is 5.10 Å². The van der Waals surface area contributed by atoms with Crippen LogP contribution >= 0.6 is 11.6 Å². The van der Waals surface area contributed by atoms with Crippen LogP contribution in [-0.2, 0) is 0 Å². The predicted molar refractivity (Wildman–Crippen MR) is 77.3 cm³/mol. The van der Waals surface area contributed by atoms with Crippen molar-refractivity contribution >= 4 is 23.1 Å². The first kappa shape index (κ1) is 12.9. The first-order valence-corrected chi connectivity index (χ1v) is 6.52. The Labute approximate surface area is 121 Å². The second-order valence-corrected chi connectivity index (χ2v) is 5.15. The number of hydrogen-bond acceptors (Lipinski definition) is 5. The lowest BCUT2D eigenvalue weighted by molar-refractivity contribution is 0.541. The number of aromatic nitrogens is 4. The summed E-state index contributed by atoms with van der Waals surface area (Å²) in [5, 5.41) is 4.81. The van der Waals surface area contributed by atoms with Gasteiger partial charge in [-0.05, 0) is 26.0 Å². The van der Waals surface area contributed by atoms with Crippen molar-refractivity contribution in [2.75, 3.05) is 19.0 Å². The lowest BCUT2D eigenvalue weighted by Gasteiger charge is -2.14. The fourth-order valence-corrected chi connectivity index (χ4v) is 2.35. The number of anilines is 1. The molecule has 104 valence electrons. The summed E-state index contributed by atoms with van der Waals surface area (Å²) < 4.78 is 7.26. The minimum atomic E-state index is 0.475. The molecule has 20 heavy (non-hydrogen) atoms. The van der Waals surface area contributed by atoms with Gasteiger partial charge in [0.05, 0.1) is 0 Å². The molecular formula is C13H14ClN5O. The van der Waals surface area contributed by atoms with Crippen LogP contribution in [0.25, 0.3) is 17.2 Å². The van der Waals surface area contributed by atoms with Crippen molar-refractivity contribution < 1.29 is 4.42 Å². The third-order valence-corrected chi connectivity index (χ3v) is 3.24. The van der Waals surface area contributed by atoms with Crippen molar-refractivity contribution in [3.8, 4) is 11.6 Å². The zero-order valence-electron chi connectivity index (χ0n) is 11.7. The Hall–Kier alpha value is -2.08. The summed E-state index contributed by atoms with van der Waals surface area (Å²) >= 11 is 6.36. The number of furan rings is 1. The molecule has 0 radical (unpaired) electrons. The predicted octanol–water partition coefficient (Wildman–Crippen LogP) is 2.72. The standard InChI is InChI=1S/C13H14ClN5O/c1-7-5-6-9(20-7)11-16-12(18(3)4)10(14)13-15-8(2)17-19(11)13/h5-6H,1-4H3. The average molecular weight is 292 g/mol. The Balaban J connectivity index is 2.38. The van der Waals surface area contributed by atoms with Gasteiger partial charge in [-0.3, -0.25) is 0 Å². The van der Waals surface area contributed by atoms with E-state index in [4.69, 9.17) is 16.0 Å². The summed E-state index contributed by atoms with van der Waals surface area (Å²) in [6.07, 6.45) is 0.